The lowest BCUT2D eigenvalue weighted by Crippen LogP contribution is -2.11. The molecule has 0 saturated carbocycles. The van der Waals surface area contributed by atoms with Gasteiger partial charge in [-0.05, 0) is 36.4 Å². The van der Waals surface area contributed by atoms with Crippen LogP contribution in [0.2, 0.25) is 0 Å². The Labute approximate surface area is 199 Å². The van der Waals surface area contributed by atoms with E-state index >= 15 is 0 Å². The highest BCUT2D eigenvalue weighted by Gasteiger charge is 2.17. The zero-order valence-corrected chi connectivity index (χ0v) is 18.9. The molecule has 172 valence electrons. The fraction of sp³-hybridized carbons (Fsp3) is 0.115. The Bertz CT molecular complexity index is 1670. The SMILES string of the molecule is CCNCc1cncc(-c2cc3c(-c4nc5nccc(-c6ccccc6F)c5[nH]4)n[nH]c3cn2)c1. The minimum Gasteiger partial charge on any atom is -0.335 e. The van der Waals surface area contributed by atoms with Crippen molar-refractivity contribution in [2.24, 2.45) is 0 Å². The number of nitrogens with zero attached hydrogens (tertiary/aromatic N) is 5. The van der Waals surface area contributed by atoms with E-state index in [0.29, 0.717) is 33.8 Å². The van der Waals surface area contributed by atoms with Gasteiger partial charge >= 0.3 is 0 Å². The van der Waals surface area contributed by atoms with Crippen molar-refractivity contribution in [2.75, 3.05) is 6.54 Å². The quantitative estimate of drug-likeness (QED) is 0.324. The topological polar surface area (TPSA) is 108 Å². The number of fused-ring (bicyclic) bond motifs is 2. The molecular weight excluding hydrogens is 443 g/mol. The van der Waals surface area contributed by atoms with Crippen molar-refractivity contribution in [1.29, 1.82) is 0 Å². The van der Waals surface area contributed by atoms with Crippen LogP contribution in [-0.4, -0.2) is 41.7 Å². The lowest BCUT2D eigenvalue weighted by Gasteiger charge is -2.05. The van der Waals surface area contributed by atoms with Crippen LogP contribution in [0.3, 0.4) is 0 Å². The molecule has 0 atom stereocenters. The Morgan fingerprint density at radius 1 is 1.00 bits per heavy atom. The summed E-state index contributed by atoms with van der Waals surface area (Å²) in [6.07, 6.45) is 7.04. The number of benzene rings is 1. The molecule has 5 aromatic heterocycles. The van der Waals surface area contributed by atoms with E-state index in [0.717, 1.165) is 40.8 Å². The van der Waals surface area contributed by atoms with E-state index in [-0.39, 0.29) is 5.82 Å². The minimum absolute atomic E-state index is 0.304. The number of hydrogen-bond acceptors (Lipinski definition) is 6. The van der Waals surface area contributed by atoms with Crippen LogP contribution in [0.1, 0.15) is 12.5 Å². The Morgan fingerprint density at radius 3 is 2.80 bits per heavy atom. The monoisotopic (exact) mass is 464 g/mol. The molecule has 0 radical (unpaired) electrons. The van der Waals surface area contributed by atoms with Crippen LogP contribution in [0.15, 0.2) is 67.3 Å². The summed E-state index contributed by atoms with van der Waals surface area (Å²) in [5, 5.41) is 11.7. The molecule has 0 spiro atoms. The number of H-pyrrole nitrogens is 2. The molecule has 0 unspecified atom stereocenters. The predicted octanol–water partition coefficient (Wildman–Crippen LogP) is 4.87. The third kappa shape index (κ3) is 3.81. The minimum atomic E-state index is -0.304. The van der Waals surface area contributed by atoms with Crippen molar-refractivity contribution in [2.45, 2.75) is 13.5 Å². The van der Waals surface area contributed by atoms with Crippen LogP contribution in [0, 0.1) is 5.82 Å². The molecule has 8 nitrogen and oxygen atoms in total. The standard InChI is InChI=1S/C26H21FN8/c1-2-28-11-15-9-16(13-29-12-15)21-10-19-22(14-31-21)34-35-24(19)26-32-23-18(7-8-30-25(23)33-26)17-5-3-4-6-20(17)27/h3-10,12-14,28H,2,11H2,1H3,(H,34,35)(H,30,32,33). The highest BCUT2D eigenvalue weighted by Crippen LogP contribution is 2.32. The Kier molecular flexibility index (Phi) is 5.23. The zero-order valence-electron chi connectivity index (χ0n) is 18.9. The van der Waals surface area contributed by atoms with Gasteiger partial charge in [-0.3, -0.25) is 15.1 Å². The number of halogens is 1. The lowest BCUT2D eigenvalue weighted by atomic mass is 10.1. The van der Waals surface area contributed by atoms with Crippen LogP contribution in [0.5, 0.6) is 0 Å². The van der Waals surface area contributed by atoms with Crippen molar-refractivity contribution < 1.29 is 4.39 Å². The summed E-state index contributed by atoms with van der Waals surface area (Å²) in [5.41, 5.74) is 6.53. The summed E-state index contributed by atoms with van der Waals surface area (Å²) < 4.78 is 14.5. The predicted molar refractivity (Wildman–Crippen MR) is 133 cm³/mol. The summed E-state index contributed by atoms with van der Waals surface area (Å²) >= 11 is 0. The van der Waals surface area contributed by atoms with E-state index in [4.69, 9.17) is 0 Å². The molecule has 5 heterocycles. The second kappa shape index (κ2) is 8.69. The maximum atomic E-state index is 14.5. The first-order valence-corrected chi connectivity index (χ1v) is 11.3. The zero-order chi connectivity index (χ0) is 23.8. The smallest absolute Gasteiger partial charge is 0.178 e. The maximum absolute atomic E-state index is 14.5. The summed E-state index contributed by atoms with van der Waals surface area (Å²) in [6, 6.07) is 12.5. The molecule has 0 fully saturated rings. The summed E-state index contributed by atoms with van der Waals surface area (Å²) in [4.78, 5) is 21.3. The van der Waals surface area contributed by atoms with Gasteiger partial charge in [0.25, 0.3) is 0 Å². The molecule has 9 heteroatoms. The fourth-order valence-corrected chi connectivity index (χ4v) is 4.18. The number of imidazole rings is 1. The average Bonchev–Trinajstić information content (AvgIpc) is 3.51. The fourth-order valence-electron chi connectivity index (χ4n) is 4.18. The molecule has 1 aromatic carbocycles. The number of aromatic amines is 2. The van der Waals surface area contributed by atoms with Gasteiger partial charge in [0.2, 0.25) is 0 Å². The number of rotatable bonds is 6. The highest BCUT2D eigenvalue weighted by atomic mass is 19.1. The lowest BCUT2D eigenvalue weighted by molar-refractivity contribution is 0.631. The summed E-state index contributed by atoms with van der Waals surface area (Å²) in [6.45, 7) is 3.70. The van der Waals surface area contributed by atoms with Gasteiger partial charge in [-0.2, -0.15) is 5.10 Å². The maximum Gasteiger partial charge on any atom is 0.178 e. The summed E-state index contributed by atoms with van der Waals surface area (Å²) in [5.74, 6) is 0.237. The van der Waals surface area contributed by atoms with Gasteiger partial charge < -0.3 is 10.3 Å². The third-order valence-electron chi connectivity index (χ3n) is 5.90. The number of pyridine rings is 3. The van der Waals surface area contributed by atoms with E-state index in [1.165, 1.54) is 6.07 Å². The number of aromatic nitrogens is 7. The third-order valence-corrected chi connectivity index (χ3v) is 5.90. The van der Waals surface area contributed by atoms with E-state index in [9.17, 15) is 4.39 Å². The number of hydrogen-bond donors (Lipinski definition) is 3. The van der Waals surface area contributed by atoms with Crippen LogP contribution < -0.4 is 5.32 Å². The van der Waals surface area contributed by atoms with Crippen molar-refractivity contribution in [3.05, 3.63) is 78.6 Å². The van der Waals surface area contributed by atoms with E-state index in [2.05, 4.69) is 53.4 Å². The van der Waals surface area contributed by atoms with Gasteiger partial charge in [-0.15, -0.1) is 0 Å². The number of nitrogens with one attached hydrogen (secondary N) is 3. The second-order valence-electron chi connectivity index (χ2n) is 8.17. The second-order valence-corrected chi connectivity index (χ2v) is 8.17. The van der Waals surface area contributed by atoms with E-state index in [1.807, 2.05) is 12.3 Å². The normalized spacial score (nSPS) is 11.5. The highest BCUT2D eigenvalue weighted by molar-refractivity contribution is 5.96. The van der Waals surface area contributed by atoms with Crippen molar-refractivity contribution in [3.63, 3.8) is 0 Å². The molecule has 0 aliphatic carbocycles. The molecule has 0 bridgehead atoms. The Morgan fingerprint density at radius 2 is 1.91 bits per heavy atom. The van der Waals surface area contributed by atoms with Gasteiger partial charge in [0.1, 0.15) is 11.5 Å². The van der Waals surface area contributed by atoms with E-state index in [1.54, 1.807) is 42.9 Å². The first-order valence-electron chi connectivity index (χ1n) is 11.3. The van der Waals surface area contributed by atoms with Gasteiger partial charge in [0.15, 0.2) is 11.5 Å². The first kappa shape index (κ1) is 21.1. The van der Waals surface area contributed by atoms with Crippen LogP contribution >= 0.6 is 0 Å². The van der Waals surface area contributed by atoms with Crippen molar-refractivity contribution in [1.82, 2.24) is 40.4 Å². The Balaban J connectivity index is 1.45. The molecular formula is C26H21FN8. The van der Waals surface area contributed by atoms with Crippen molar-refractivity contribution >= 4 is 22.1 Å². The molecule has 0 aliphatic rings. The molecule has 35 heavy (non-hydrogen) atoms. The van der Waals surface area contributed by atoms with Gasteiger partial charge in [-0.25, -0.2) is 14.4 Å². The molecule has 6 rings (SSSR count). The van der Waals surface area contributed by atoms with Gasteiger partial charge in [-0.1, -0.05) is 25.1 Å². The van der Waals surface area contributed by atoms with Gasteiger partial charge in [0.05, 0.1) is 22.9 Å². The first-order chi connectivity index (χ1) is 17.2. The average molecular weight is 465 g/mol. The molecule has 0 saturated heterocycles. The van der Waals surface area contributed by atoms with Crippen LogP contribution in [0.4, 0.5) is 4.39 Å². The Hall–Kier alpha value is -4.50. The molecule has 0 aliphatic heterocycles. The van der Waals surface area contributed by atoms with Crippen LogP contribution in [-0.2, 0) is 6.54 Å². The molecule has 6 aromatic rings. The van der Waals surface area contributed by atoms with Gasteiger partial charge in [0, 0.05) is 47.2 Å². The van der Waals surface area contributed by atoms with E-state index < -0.39 is 0 Å². The van der Waals surface area contributed by atoms with Crippen LogP contribution in [0.25, 0.3) is 56.0 Å². The molecule has 0 amide bonds. The summed E-state index contributed by atoms with van der Waals surface area (Å²) in [7, 11) is 0. The largest absolute Gasteiger partial charge is 0.335 e. The van der Waals surface area contributed by atoms with Crippen molar-refractivity contribution in [3.8, 4) is 33.9 Å². The molecule has 3 N–H and O–H groups in total.